The van der Waals surface area contributed by atoms with Gasteiger partial charge in [-0.3, -0.25) is 10.1 Å². The molecule has 1 heterocycles. The SMILES string of the molecule is CC(=NNc1nc2ccccc2[nH]1)c1ccc([N+](=O)[O-])cc1. The summed E-state index contributed by atoms with van der Waals surface area (Å²) in [6.45, 7) is 1.82. The van der Waals surface area contributed by atoms with Gasteiger partial charge >= 0.3 is 0 Å². The van der Waals surface area contributed by atoms with Crippen molar-refractivity contribution in [3.8, 4) is 0 Å². The maximum Gasteiger partial charge on any atom is 0.269 e. The van der Waals surface area contributed by atoms with Crippen LogP contribution in [0.1, 0.15) is 12.5 Å². The fraction of sp³-hybridized carbons (Fsp3) is 0.0667. The van der Waals surface area contributed by atoms with Gasteiger partial charge in [0.05, 0.1) is 21.7 Å². The van der Waals surface area contributed by atoms with Gasteiger partial charge in [0.2, 0.25) is 5.95 Å². The van der Waals surface area contributed by atoms with Crippen LogP contribution in [0.3, 0.4) is 0 Å². The molecule has 1 aromatic heterocycles. The van der Waals surface area contributed by atoms with Crippen molar-refractivity contribution in [1.29, 1.82) is 0 Å². The summed E-state index contributed by atoms with van der Waals surface area (Å²) < 4.78 is 0. The predicted octanol–water partition coefficient (Wildman–Crippen LogP) is 3.31. The van der Waals surface area contributed by atoms with Crippen LogP contribution in [0.5, 0.6) is 0 Å². The average molecular weight is 295 g/mol. The molecule has 0 saturated heterocycles. The Kier molecular flexibility index (Phi) is 3.53. The van der Waals surface area contributed by atoms with Gasteiger partial charge in [-0.1, -0.05) is 12.1 Å². The highest BCUT2D eigenvalue weighted by molar-refractivity contribution is 5.99. The fourth-order valence-electron chi connectivity index (χ4n) is 2.03. The van der Waals surface area contributed by atoms with Crippen molar-refractivity contribution in [2.24, 2.45) is 5.10 Å². The zero-order valence-electron chi connectivity index (χ0n) is 11.8. The normalized spacial score (nSPS) is 11.6. The largest absolute Gasteiger partial charge is 0.323 e. The first-order valence-corrected chi connectivity index (χ1v) is 6.63. The lowest BCUT2D eigenvalue weighted by Crippen LogP contribution is -2.00. The van der Waals surface area contributed by atoms with E-state index >= 15 is 0 Å². The molecule has 0 aliphatic rings. The Morgan fingerprint density at radius 3 is 2.64 bits per heavy atom. The number of imidazole rings is 1. The third kappa shape index (κ3) is 2.78. The first-order chi connectivity index (χ1) is 10.6. The number of nitrogens with one attached hydrogen (secondary N) is 2. The van der Waals surface area contributed by atoms with E-state index in [2.05, 4.69) is 20.5 Å². The molecule has 0 radical (unpaired) electrons. The molecule has 0 atom stereocenters. The Labute approximate surface area is 125 Å². The number of H-pyrrole nitrogens is 1. The van der Waals surface area contributed by atoms with E-state index in [1.165, 1.54) is 12.1 Å². The van der Waals surface area contributed by atoms with E-state index in [0.717, 1.165) is 16.6 Å². The zero-order valence-corrected chi connectivity index (χ0v) is 11.8. The Balaban J connectivity index is 1.77. The quantitative estimate of drug-likeness (QED) is 0.438. The van der Waals surface area contributed by atoms with Crippen LogP contribution in [0, 0.1) is 10.1 Å². The number of aromatic nitrogens is 2. The second-order valence-electron chi connectivity index (χ2n) is 4.72. The summed E-state index contributed by atoms with van der Waals surface area (Å²) >= 11 is 0. The highest BCUT2D eigenvalue weighted by Gasteiger charge is 2.06. The molecule has 7 nitrogen and oxygen atoms in total. The van der Waals surface area contributed by atoms with Crippen molar-refractivity contribution < 1.29 is 4.92 Å². The minimum atomic E-state index is -0.428. The first-order valence-electron chi connectivity index (χ1n) is 6.63. The third-order valence-electron chi connectivity index (χ3n) is 3.21. The number of non-ortho nitro benzene ring substituents is 1. The number of hydrogen-bond donors (Lipinski definition) is 2. The molecule has 0 aliphatic carbocycles. The summed E-state index contributed by atoms with van der Waals surface area (Å²) in [4.78, 5) is 17.7. The molecule has 0 aliphatic heterocycles. The number of fused-ring (bicyclic) bond motifs is 1. The van der Waals surface area contributed by atoms with Crippen LogP contribution in [0.4, 0.5) is 11.6 Å². The molecule has 0 bridgehead atoms. The molecule has 3 aromatic rings. The second-order valence-corrected chi connectivity index (χ2v) is 4.72. The summed E-state index contributed by atoms with van der Waals surface area (Å²) in [6, 6.07) is 13.9. The minimum Gasteiger partial charge on any atom is -0.323 e. The summed E-state index contributed by atoms with van der Waals surface area (Å²) in [5, 5.41) is 14.9. The molecule has 0 saturated carbocycles. The van der Waals surface area contributed by atoms with Crippen LogP contribution in [-0.4, -0.2) is 20.6 Å². The molecule has 0 amide bonds. The number of benzene rings is 2. The second kappa shape index (κ2) is 5.65. The minimum absolute atomic E-state index is 0.0572. The number of hydrazone groups is 1. The maximum atomic E-state index is 10.6. The van der Waals surface area contributed by atoms with E-state index in [1.54, 1.807) is 12.1 Å². The Morgan fingerprint density at radius 2 is 1.95 bits per heavy atom. The van der Waals surface area contributed by atoms with Gasteiger partial charge in [0.25, 0.3) is 5.69 Å². The average Bonchev–Trinajstić information content (AvgIpc) is 2.95. The Hall–Kier alpha value is -3.22. The molecule has 0 spiro atoms. The van der Waals surface area contributed by atoms with E-state index in [-0.39, 0.29) is 5.69 Å². The van der Waals surface area contributed by atoms with Crippen LogP contribution in [0.15, 0.2) is 53.6 Å². The molecule has 0 unspecified atom stereocenters. The highest BCUT2D eigenvalue weighted by Crippen LogP contribution is 2.15. The number of nitrogens with zero attached hydrogens (tertiary/aromatic N) is 3. The summed E-state index contributed by atoms with van der Waals surface area (Å²) in [5.74, 6) is 0.544. The van der Waals surface area contributed by atoms with Crippen LogP contribution in [-0.2, 0) is 0 Å². The van der Waals surface area contributed by atoms with E-state index in [9.17, 15) is 10.1 Å². The van der Waals surface area contributed by atoms with Crippen LogP contribution in [0.2, 0.25) is 0 Å². The monoisotopic (exact) mass is 295 g/mol. The number of hydrogen-bond acceptors (Lipinski definition) is 5. The lowest BCUT2D eigenvalue weighted by Gasteiger charge is -2.01. The molecule has 0 fully saturated rings. The summed E-state index contributed by atoms with van der Waals surface area (Å²) in [5.41, 5.74) is 6.20. The van der Waals surface area contributed by atoms with Crippen molar-refractivity contribution in [3.05, 3.63) is 64.2 Å². The molecular formula is C15H13N5O2. The van der Waals surface area contributed by atoms with Crippen LogP contribution in [0.25, 0.3) is 11.0 Å². The van der Waals surface area contributed by atoms with Gasteiger partial charge in [-0.25, -0.2) is 10.4 Å². The summed E-state index contributed by atoms with van der Waals surface area (Å²) in [6.07, 6.45) is 0. The van der Waals surface area contributed by atoms with Gasteiger partial charge in [-0.2, -0.15) is 5.10 Å². The number of anilines is 1. The predicted molar refractivity (Wildman–Crippen MR) is 85.0 cm³/mol. The molecule has 22 heavy (non-hydrogen) atoms. The van der Waals surface area contributed by atoms with Crippen LogP contribution >= 0.6 is 0 Å². The lowest BCUT2D eigenvalue weighted by molar-refractivity contribution is -0.384. The van der Waals surface area contributed by atoms with Crippen molar-refractivity contribution in [2.45, 2.75) is 6.92 Å². The van der Waals surface area contributed by atoms with E-state index in [0.29, 0.717) is 11.7 Å². The number of nitro benzene ring substituents is 1. The Bertz CT molecular complexity index is 819. The van der Waals surface area contributed by atoms with E-state index in [1.807, 2.05) is 31.2 Å². The van der Waals surface area contributed by atoms with Crippen LogP contribution < -0.4 is 5.43 Å². The van der Waals surface area contributed by atoms with E-state index < -0.39 is 4.92 Å². The number of nitro groups is 1. The standard InChI is InChI=1S/C15H13N5O2/c1-10(11-6-8-12(9-7-11)20(21)22)18-19-15-16-13-4-2-3-5-14(13)17-15/h2-9H,1H3,(H2,16,17,19). The fourth-order valence-corrected chi connectivity index (χ4v) is 2.03. The smallest absolute Gasteiger partial charge is 0.269 e. The number of rotatable bonds is 4. The molecule has 2 aromatic carbocycles. The molecule has 110 valence electrons. The highest BCUT2D eigenvalue weighted by atomic mass is 16.6. The van der Waals surface area contributed by atoms with Gasteiger partial charge in [0.15, 0.2) is 0 Å². The number of aromatic amines is 1. The van der Waals surface area contributed by atoms with E-state index in [4.69, 9.17) is 0 Å². The van der Waals surface area contributed by atoms with Crippen molar-refractivity contribution in [3.63, 3.8) is 0 Å². The summed E-state index contributed by atoms with van der Waals surface area (Å²) in [7, 11) is 0. The van der Waals surface area contributed by atoms with Gasteiger partial charge in [0, 0.05) is 12.1 Å². The zero-order chi connectivity index (χ0) is 15.5. The third-order valence-corrected chi connectivity index (χ3v) is 3.21. The molecular weight excluding hydrogens is 282 g/mol. The van der Waals surface area contributed by atoms with Crippen molar-refractivity contribution in [1.82, 2.24) is 9.97 Å². The van der Waals surface area contributed by atoms with Crippen molar-refractivity contribution >= 4 is 28.4 Å². The molecule has 2 N–H and O–H groups in total. The van der Waals surface area contributed by atoms with Gasteiger partial charge in [-0.15, -0.1) is 0 Å². The lowest BCUT2D eigenvalue weighted by atomic mass is 10.1. The van der Waals surface area contributed by atoms with Gasteiger partial charge < -0.3 is 4.98 Å². The van der Waals surface area contributed by atoms with Gasteiger partial charge in [0.1, 0.15) is 0 Å². The first kappa shape index (κ1) is 13.7. The molecule has 7 heteroatoms. The topological polar surface area (TPSA) is 96.2 Å². The maximum absolute atomic E-state index is 10.6. The van der Waals surface area contributed by atoms with Crippen molar-refractivity contribution in [2.75, 3.05) is 5.43 Å². The number of para-hydroxylation sites is 2. The van der Waals surface area contributed by atoms with Gasteiger partial charge in [-0.05, 0) is 36.8 Å². The Morgan fingerprint density at radius 1 is 1.23 bits per heavy atom. The molecule has 3 rings (SSSR count).